The largest absolute Gasteiger partial charge is 0.394 e. The molecule has 4 saturated heterocycles. The fourth-order valence-corrected chi connectivity index (χ4v) is 4.54. The third kappa shape index (κ3) is 3.98. The first-order valence-corrected chi connectivity index (χ1v) is 10.2. The van der Waals surface area contributed by atoms with Crippen LogP contribution in [0.4, 0.5) is 0 Å². The molecular formula is C19H30N2O9. The second kappa shape index (κ2) is 7.90. The monoisotopic (exact) mass is 430 g/mol. The lowest BCUT2D eigenvalue weighted by atomic mass is 9.92. The number of hydrogen-bond acceptors (Lipinski definition) is 11. The Kier molecular flexibility index (Phi) is 5.87. The van der Waals surface area contributed by atoms with Crippen molar-refractivity contribution in [3.63, 3.8) is 0 Å². The summed E-state index contributed by atoms with van der Waals surface area (Å²) in [7, 11) is 0. The molecule has 30 heavy (non-hydrogen) atoms. The minimum absolute atomic E-state index is 0.00396. The zero-order valence-corrected chi connectivity index (χ0v) is 17.4. The van der Waals surface area contributed by atoms with Crippen molar-refractivity contribution in [2.75, 3.05) is 13.2 Å². The van der Waals surface area contributed by atoms with Crippen LogP contribution in [0.2, 0.25) is 0 Å². The molecule has 4 fully saturated rings. The zero-order valence-electron chi connectivity index (χ0n) is 17.4. The summed E-state index contributed by atoms with van der Waals surface area (Å²) in [6.45, 7) is 6.68. The Bertz CT molecular complexity index is 683. The fraction of sp³-hybridized carbons (Fsp3) is 0.947. The molecule has 4 aliphatic rings. The molecule has 0 aliphatic carbocycles. The Balaban J connectivity index is 1.53. The van der Waals surface area contributed by atoms with Gasteiger partial charge in [0.15, 0.2) is 17.9 Å². The van der Waals surface area contributed by atoms with Crippen molar-refractivity contribution in [2.24, 2.45) is 0 Å². The van der Waals surface area contributed by atoms with E-state index in [4.69, 9.17) is 28.4 Å². The molecule has 0 spiro atoms. The van der Waals surface area contributed by atoms with Crippen LogP contribution in [0.15, 0.2) is 0 Å². The summed E-state index contributed by atoms with van der Waals surface area (Å²) >= 11 is 0. The third-order valence-corrected chi connectivity index (χ3v) is 5.86. The van der Waals surface area contributed by atoms with E-state index >= 15 is 0 Å². The number of rotatable bonds is 4. The number of aliphatic hydroxyl groups excluding tert-OH is 3. The maximum absolute atomic E-state index is 10.4. The van der Waals surface area contributed by atoms with Gasteiger partial charge in [-0.2, -0.15) is 5.26 Å². The molecule has 1 unspecified atom stereocenters. The molecule has 0 amide bonds. The van der Waals surface area contributed by atoms with E-state index in [9.17, 15) is 20.6 Å². The number of fused-ring (bicyclic) bond motifs is 3. The highest BCUT2D eigenvalue weighted by Gasteiger charge is 2.62. The Morgan fingerprint density at radius 2 is 1.63 bits per heavy atom. The normalized spacial score (nSPS) is 47.9. The van der Waals surface area contributed by atoms with Crippen molar-refractivity contribution in [1.29, 1.82) is 5.26 Å². The van der Waals surface area contributed by atoms with Crippen LogP contribution < -0.4 is 5.32 Å². The highest BCUT2D eigenvalue weighted by atomic mass is 16.9. The van der Waals surface area contributed by atoms with Crippen molar-refractivity contribution >= 4 is 0 Å². The molecule has 4 aliphatic heterocycles. The molecule has 11 heteroatoms. The fourth-order valence-electron chi connectivity index (χ4n) is 4.54. The molecule has 4 heterocycles. The minimum atomic E-state index is -1.29. The van der Waals surface area contributed by atoms with Crippen molar-refractivity contribution in [2.45, 2.75) is 100 Å². The minimum Gasteiger partial charge on any atom is -0.394 e. The molecule has 4 N–H and O–H groups in total. The highest BCUT2D eigenvalue weighted by Crippen LogP contribution is 2.44. The average molecular weight is 430 g/mol. The van der Waals surface area contributed by atoms with Gasteiger partial charge in [-0.05, 0) is 27.7 Å². The maximum Gasteiger partial charge on any atom is 0.190 e. The van der Waals surface area contributed by atoms with Crippen molar-refractivity contribution < 1.29 is 43.7 Å². The van der Waals surface area contributed by atoms with E-state index < -0.39 is 79.3 Å². The molecule has 4 rings (SSSR count). The smallest absolute Gasteiger partial charge is 0.190 e. The van der Waals surface area contributed by atoms with Gasteiger partial charge in [0, 0.05) is 0 Å². The quantitative estimate of drug-likeness (QED) is 0.406. The molecule has 0 aromatic carbocycles. The van der Waals surface area contributed by atoms with E-state index in [1.807, 2.05) is 0 Å². The number of nitrogens with zero attached hydrogens (tertiary/aromatic N) is 1. The summed E-state index contributed by atoms with van der Waals surface area (Å²) in [5.74, 6) is -1.78. The average Bonchev–Trinajstić information content (AvgIpc) is 3.16. The number of nitriles is 1. The standard InChI is InChI=1S/C19H30N2O9/c1-18(2)27-14-13(26-17-16(15(14)28-18)29-19(3,4)30-17)8(5-20)21-9-7-25-10(6-22)12(24)11(9)23/h8-17,21-24H,6-7H2,1-4H3/t8?,9-,10+,11+,12+,13+,14-,15-,16+,17+/m0/s1. The molecule has 10 atom stereocenters. The van der Waals surface area contributed by atoms with Gasteiger partial charge in [0.2, 0.25) is 0 Å². The first kappa shape index (κ1) is 22.3. The summed E-state index contributed by atoms with van der Waals surface area (Å²) < 4.78 is 35.4. The maximum atomic E-state index is 10.4. The van der Waals surface area contributed by atoms with E-state index in [0.717, 1.165) is 0 Å². The van der Waals surface area contributed by atoms with Crippen molar-refractivity contribution in [3.05, 3.63) is 0 Å². The summed E-state index contributed by atoms with van der Waals surface area (Å²) in [5.41, 5.74) is 0. The Morgan fingerprint density at radius 1 is 1.00 bits per heavy atom. The molecule has 0 saturated carbocycles. The van der Waals surface area contributed by atoms with Crippen LogP contribution >= 0.6 is 0 Å². The highest BCUT2D eigenvalue weighted by molar-refractivity contribution is 5.10. The predicted octanol–water partition coefficient (Wildman–Crippen LogP) is -1.65. The van der Waals surface area contributed by atoms with Crippen molar-refractivity contribution in [3.8, 4) is 6.07 Å². The van der Waals surface area contributed by atoms with Crippen LogP contribution in [0.1, 0.15) is 27.7 Å². The summed E-state index contributed by atoms with van der Waals surface area (Å²) in [4.78, 5) is 0. The number of nitrogens with one attached hydrogen (secondary N) is 1. The molecule has 0 bridgehead atoms. The molecule has 170 valence electrons. The Morgan fingerprint density at radius 3 is 2.30 bits per heavy atom. The number of aliphatic hydroxyl groups is 3. The molecule has 0 aromatic heterocycles. The molecular weight excluding hydrogens is 400 g/mol. The van der Waals surface area contributed by atoms with E-state index in [1.165, 1.54) is 0 Å². The van der Waals surface area contributed by atoms with Gasteiger partial charge in [-0.15, -0.1) is 0 Å². The lowest BCUT2D eigenvalue weighted by Gasteiger charge is -2.42. The van der Waals surface area contributed by atoms with Gasteiger partial charge in [-0.1, -0.05) is 0 Å². The lowest BCUT2D eigenvalue weighted by molar-refractivity contribution is -0.238. The van der Waals surface area contributed by atoms with Gasteiger partial charge in [0.25, 0.3) is 0 Å². The number of ether oxygens (including phenoxy) is 6. The summed E-state index contributed by atoms with van der Waals surface area (Å²) in [6.07, 6.45) is -6.60. The van der Waals surface area contributed by atoms with Crippen LogP contribution in [-0.4, -0.2) is 101 Å². The van der Waals surface area contributed by atoms with E-state index in [-0.39, 0.29) is 6.61 Å². The Labute approximate surface area is 174 Å². The van der Waals surface area contributed by atoms with Gasteiger partial charge in [0.1, 0.15) is 48.8 Å². The van der Waals surface area contributed by atoms with Gasteiger partial charge < -0.3 is 43.7 Å². The third-order valence-electron chi connectivity index (χ3n) is 5.86. The SMILES string of the molecule is CC1(C)O[C@H]2[C@@H](O1)[C@@H](C(C#N)N[C@H]1CO[C@H](CO)[C@@H](O)[C@@H]1O)O[C@@H]1OC(C)(C)O[C@@H]12. The second-order valence-electron chi connectivity index (χ2n) is 9.05. The first-order chi connectivity index (χ1) is 14.0. The second-order valence-corrected chi connectivity index (χ2v) is 9.05. The van der Waals surface area contributed by atoms with Crippen LogP contribution in [-0.2, 0) is 28.4 Å². The molecule has 11 nitrogen and oxygen atoms in total. The molecule has 0 aromatic rings. The van der Waals surface area contributed by atoms with E-state index in [0.29, 0.717) is 0 Å². The van der Waals surface area contributed by atoms with Gasteiger partial charge in [0.05, 0.1) is 25.3 Å². The first-order valence-electron chi connectivity index (χ1n) is 10.2. The van der Waals surface area contributed by atoms with E-state index in [2.05, 4.69) is 11.4 Å². The summed E-state index contributed by atoms with van der Waals surface area (Å²) in [5, 5.41) is 42.7. The van der Waals surface area contributed by atoms with E-state index in [1.54, 1.807) is 27.7 Å². The number of hydrogen-bond donors (Lipinski definition) is 4. The van der Waals surface area contributed by atoms with Crippen LogP contribution in [0, 0.1) is 11.3 Å². The van der Waals surface area contributed by atoms with Crippen molar-refractivity contribution in [1.82, 2.24) is 5.32 Å². The van der Waals surface area contributed by atoms with Crippen LogP contribution in [0.5, 0.6) is 0 Å². The zero-order chi connectivity index (χ0) is 21.8. The summed E-state index contributed by atoms with van der Waals surface area (Å²) in [6, 6.07) is 0.478. The van der Waals surface area contributed by atoms with Gasteiger partial charge in [-0.25, -0.2) is 0 Å². The van der Waals surface area contributed by atoms with Crippen LogP contribution in [0.3, 0.4) is 0 Å². The molecule has 0 radical (unpaired) electrons. The van der Waals surface area contributed by atoms with Crippen LogP contribution in [0.25, 0.3) is 0 Å². The predicted molar refractivity (Wildman–Crippen MR) is 97.7 cm³/mol. The Hall–Kier alpha value is -0.910. The topological polar surface area (TPSA) is 152 Å². The van der Waals surface area contributed by atoms with Gasteiger partial charge in [-0.3, -0.25) is 5.32 Å². The van der Waals surface area contributed by atoms with Gasteiger partial charge >= 0.3 is 0 Å². The lowest BCUT2D eigenvalue weighted by Crippen LogP contribution is -2.65.